The van der Waals surface area contributed by atoms with Gasteiger partial charge in [0.05, 0.1) is 5.69 Å². The Hall–Kier alpha value is -4.53. The summed E-state index contributed by atoms with van der Waals surface area (Å²) in [6.07, 6.45) is 3.93. The second kappa shape index (κ2) is 10.7. The third-order valence-electron chi connectivity index (χ3n) is 6.97. The summed E-state index contributed by atoms with van der Waals surface area (Å²) in [5, 5.41) is 13.0. The number of amides is 1. The minimum Gasteiger partial charge on any atom is -0.341 e. The van der Waals surface area contributed by atoms with E-state index in [0.717, 1.165) is 37.1 Å². The van der Waals surface area contributed by atoms with Gasteiger partial charge < -0.3 is 15.5 Å². The van der Waals surface area contributed by atoms with Crippen LogP contribution in [0.15, 0.2) is 65.6 Å². The van der Waals surface area contributed by atoms with Crippen molar-refractivity contribution in [3.8, 4) is 11.3 Å². The van der Waals surface area contributed by atoms with Crippen molar-refractivity contribution in [3.05, 3.63) is 87.8 Å². The summed E-state index contributed by atoms with van der Waals surface area (Å²) in [6, 6.07) is 16.7. The number of nitrogens with one attached hydrogen (secondary N) is 3. The Bertz CT molecular complexity index is 1550. The first-order valence-electron chi connectivity index (χ1n) is 13.2. The van der Waals surface area contributed by atoms with Crippen LogP contribution in [-0.2, 0) is 5.41 Å². The second-order valence-electron chi connectivity index (χ2n) is 10.8. The van der Waals surface area contributed by atoms with Gasteiger partial charge in [0, 0.05) is 36.1 Å². The number of carbonyl (C=O) groups excluding carboxylic acids is 1. The van der Waals surface area contributed by atoms with Crippen LogP contribution in [0.2, 0.25) is 0 Å². The van der Waals surface area contributed by atoms with Crippen molar-refractivity contribution in [3.63, 3.8) is 0 Å². The zero-order valence-electron chi connectivity index (χ0n) is 22.7. The number of benzene rings is 2. The molecule has 9 nitrogen and oxygen atoms in total. The summed E-state index contributed by atoms with van der Waals surface area (Å²) in [5.74, 6) is 0.991. The molecule has 1 aliphatic rings. The molecule has 0 saturated carbocycles. The average Bonchev–Trinajstić information content (AvgIpc) is 3.46. The van der Waals surface area contributed by atoms with E-state index in [4.69, 9.17) is 0 Å². The summed E-state index contributed by atoms with van der Waals surface area (Å²) in [7, 11) is 0. The number of H-pyrrole nitrogens is 1. The van der Waals surface area contributed by atoms with Gasteiger partial charge in [-0.1, -0.05) is 45.0 Å². The third-order valence-corrected chi connectivity index (χ3v) is 6.97. The number of aromatic nitrogens is 4. The number of hydrogen-bond donors (Lipinski definition) is 3. The van der Waals surface area contributed by atoms with Gasteiger partial charge in [0.15, 0.2) is 0 Å². The van der Waals surface area contributed by atoms with Gasteiger partial charge in [-0.2, -0.15) is 10.1 Å². The Kier molecular flexibility index (Phi) is 7.15. The first kappa shape index (κ1) is 26.1. The van der Waals surface area contributed by atoms with Gasteiger partial charge in [0.2, 0.25) is 5.95 Å². The van der Waals surface area contributed by atoms with Gasteiger partial charge in [-0.15, -0.1) is 0 Å². The molecule has 0 unspecified atom stereocenters. The molecule has 0 radical (unpaired) electrons. The normalized spacial score (nSPS) is 13.4. The van der Waals surface area contributed by atoms with Crippen LogP contribution in [-0.4, -0.2) is 39.2 Å². The van der Waals surface area contributed by atoms with Crippen molar-refractivity contribution in [2.75, 3.05) is 28.6 Å². The third kappa shape index (κ3) is 5.82. The molecular weight excluding hydrogens is 490 g/mol. The lowest BCUT2D eigenvalue weighted by molar-refractivity contribution is 0.102. The van der Waals surface area contributed by atoms with Gasteiger partial charge in [0.1, 0.15) is 11.5 Å². The van der Waals surface area contributed by atoms with E-state index in [-0.39, 0.29) is 16.9 Å². The van der Waals surface area contributed by atoms with E-state index in [1.807, 2.05) is 49.4 Å². The summed E-state index contributed by atoms with van der Waals surface area (Å²) in [5.41, 5.74) is 4.58. The minimum absolute atomic E-state index is 0.0148. The molecule has 2 aromatic carbocycles. The Morgan fingerprint density at radius 2 is 1.74 bits per heavy atom. The van der Waals surface area contributed by atoms with Gasteiger partial charge in [-0.3, -0.25) is 9.59 Å². The maximum atomic E-state index is 13.0. The number of rotatable bonds is 6. The van der Waals surface area contributed by atoms with E-state index < -0.39 is 0 Å². The van der Waals surface area contributed by atoms with Crippen LogP contribution in [0, 0.1) is 6.92 Å². The van der Waals surface area contributed by atoms with Gasteiger partial charge >= 0.3 is 0 Å². The zero-order chi connectivity index (χ0) is 27.6. The first-order chi connectivity index (χ1) is 18.7. The van der Waals surface area contributed by atoms with Crippen molar-refractivity contribution in [1.29, 1.82) is 0 Å². The van der Waals surface area contributed by atoms with E-state index >= 15 is 0 Å². The summed E-state index contributed by atoms with van der Waals surface area (Å²) >= 11 is 0. The largest absolute Gasteiger partial charge is 0.341 e. The number of anilines is 4. The van der Waals surface area contributed by atoms with E-state index in [1.165, 1.54) is 5.56 Å². The molecule has 9 heteroatoms. The SMILES string of the molecule is Cc1c(NC(=O)c2ccc(C(C)(C)C)cc2)cccc1-c1cc(Nc2ccnc(N3CCCC3)n2)c(=O)[nH]n1. The van der Waals surface area contributed by atoms with Crippen molar-refractivity contribution in [2.45, 2.75) is 46.0 Å². The fourth-order valence-corrected chi connectivity index (χ4v) is 4.63. The van der Waals surface area contributed by atoms with E-state index in [9.17, 15) is 9.59 Å². The van der Waals surface area contributed by atoms with Crippen LogP contribution in [0.5, 0.6) is 0 Å². The van der Waals surface area contributed by atoms with Crippen LogP contribution in [0.3, 0.4) is 0 Å². The van der Waals surface area contributed by atoms with Gasteiger partial charge in [0.25, 0.3) is 11.5 Å². The van der Waals surface area contributed by atoms with Crippen LogP contribution < -0.4 is 21.1 Å². The van der Waals surface area contributed by atoms with E-state index in [0.29, 0.717) is 34.4 Å². The lowest BCUT2D eigenvalue weighted by Gasteiger charge is -2.19. The molecule has 5 rings (SSSR count). The highest BCUT2D eigenvalue weighted by molar-refractivity contribution is 6.05. The molecule has 0 bridgehead atoms. The summed E-state index contributed by atoms with van der Waals surface area (Å²) in [6.45, 7) is 10.2. The average molecular weight is 524 g/mol. The first-order valence-corrected chi connectivity index (χ1v) is 13.2. The quantitative estimate of drug-likeness (QED) is 0.309. The minimum atomic E-state index is -0.360. The molecular formula is C30H33N7O2. The van der Waals surface area contributed by atoms with Crippen molar-refractivity contribution in [1.82, 2.24) is 20.2 Å². The Labute approximate surface area is 227 Å². The maximum absolute atomic E-state index is 13.0. The molecule has 0 aliphatic carbocycles. The van der Waals surface area contributed by atoms with Crippen molar-refractivity contribution >= 4 is 29.0 Å². The number of nitrogens with zero attached hydrogens (tertiary/aromatic N) is 4. The van der Waals surface area contributed by atoms with Crippen LogP contribution in [0.25, 0.3) is 11.3 Å². The molecule has 0 atom stereocenters. The van der Waals surface area contributed by atoms with Gasteiger partial charge in [-0.05, 0) is 66.6 Å². The fraction of sp³-hybridized carbons (Fsp3) is 0.300. The predicted octanol–water partition coefficient (Wildman–Crippen LogP) is 5.43. The Morgan fingerprint density at radius 1 is 1.00 bits per heavy atom. The lowest BCUT2D eigenvalue weighted by Crippen LogP contribution is -2.21. The zero-order valence-corrected chi connectivity index (χ0v) is 22.7. The molecule has 3 heterocycles. The standard InChI is InChI=1S/C30H33N7O2/c1-19-22(8-7-9-23(19)33-27(38)20-10-12-21(13-11-20)30(2,3)4)24-18-25(28(39)36-35-24)32-26-14-15-31-29(34-26)37-16-5-6-17-37/h7-15,18H,5-6,16-17H2,1-4H3,(H,33,38)(H,36,39)(H,31,32,34,35). The van der Waals surface area contributed by atoms with Crippen molar-refractivity contribution in [2.24, 2.45) is 0 Å². The highest BCUT2D eigenvalue weighted by Gasteiger charge is 2.17. The smallest absolute Gasteiger partial charge is 0.287 e. The number of aromatic amines is 1. The summed E-state index contributed by atoms with van der Waals surface area (Å²) in [4.78, 5) is 36.7. The monoisotopic (exact) mass is 523 g/mol. The highest BCUT2D eigenvalue weighted by atomic mass is 16.1. The number of carbonyl (C=O) groups is 1. The Morgan fingerprint density at radius 3 is 2.46 bits per heavy atom. The molecule has 200 valence electrons. The molecule has 3 N–H and O–H groups in total. The van der Waals surface area contributed by atoms with Crippen LogP contribution in [0.1, 0.15) is 55.1 Å². The maximum Gasteiger partial charge on any atom is 0.287 e. The molecule has 1 fully saturated rings. The second-order valence-corrected chi connectivity index (χ2v) is 10.8. The van der Waals surface area contributed by atoms with Crippen LogP contribution in [0.4, 0.5) is 23.1 Å². The molecule has 39 heavy (non-hydrogen) atoms. The molecule has 1 saturated heterocycles. The predicted molar refractivity (Wildman–Crippen MR) is 155 cm³/mol. The van der Waals surface area contributed by atoms with Gasteiger partial charge in [-0.25, -0.2) is 10.1 Å². The fourth-order valence-electron chi connectivity index (χ4n) is 4.63. The molecule has 1 aliphatic heterocycles. The van der Waals surface area contributed by atoms with Crippen LogP contribution >= 0.6 is 0 Å². The molecule has 0 spiro atoms. The molecule has 4 aromatic rings. The summed E-state index contributed by atoms with van der Waals surface area (Å²) < 4.78 is 0. The molecule has 1 amide bonds. The Balaban J connectivity index is 1.37. The lowest BCUT2D eigenvalue weighted by atomic mass is 9.86. The topological polar surface area (TPSA) is 116 Å². The van der Waals surface area contributed by atoms with E-state index in [1.54, 1.807) is 18.3 Å². The van der Waals surface area contributed by atoms with Crippen molar-refractivity contribution < 1.29 is 4.79 Å². The van der Waals surface area contributed by atoms with E-state index in [2.05, 4.69) is 56.5 Å². The highest BCUT2D eigenvalue weighted by Crippen LogP contribution is 2.29. The molecule has 2 aromatic heterocycles. The number of hydrogen-bond acceptors (Lipinski definition) is 7.